The van der Waals surface area contributed by atoms with Crippen LogP contribution in [0.4, 0.5) is 5.82 Å². The van der Waals surface area contributed by atoms with Crippen molar-refractivity contribution in [3.8, 4) is 0 Å². The Hall–Kier alpha value is -1.66. The molecule has 0 saturated carbocycles. The van der Waals surface area contributed by atoms with E-state index in [-0.39, 0.29) is 6.10 Å². The minimum atomic E-state index is -0.449. The average molecular weight is 250 g/mol. The maximum absolute atomic E-state index is 11.4. The van der Waals surface area contributed by atoms with E-state index in [1.165, 1.54) is 0 Å². The largest absolute Gasteiger partial charge is 0.373 e. The number of morpholine rings is 1. The molecule has 1 fully saturated rings. The average Bonchev–Trinajstić information content (AvgIpc) is 2.39. The van der Waals surface area contributed by atoms with Gasteiger partial charge >= 0.3 is 0 Å². The van der Waals surface area contributed by atoms with Gasteiger partial charge in [-0.3, -0.25) is 4.79 Å². The van der Waals surface area contributed by atoms with Gasteiger partial charge in [0.05, 0.1) is 18.3 Å². The van der Waals surface area contributed by atoms with Gasteiger partial charge in [0, 0.05) is 25.8 Å². The number of hydrogen-bond acceptors (Lipinski definition) is 5. The third-order valence-corrected chi connectivity index (χ3v) is 2.92. The van der Waals surface area contributed by atoms with Gasteiger partial charge in [-0.25, -0.2) is 4.98 Å². The molecule has 3 N–H and O–H groups in total. The van der Waals surface area contributed by atoms with E-state index in [9.17, 15) is 4.79 Å². The topological polar surface area (TPSA) is 80.5 Å². The van der Waals surface area contributed by atoms with E-state index in [1.807, 2.05) is 11.9 Å². The smallest absolute Gasteiger partial charge is 0.252 e. The number of aromatic nitrogens is 1. The molecule has 1 aromatic heterocycles. The van der Waals surface area contributed by atoms with Gasteiger partial charge < -0.3 is 20.7 Å². The lowest BCUT2D eigenvalue weighted by molar-refractivity contribution is 0.0418. The number of hydrogen-bond donors (Lipinski definition) is 2. The second-order valence-electron chi connectivity index (χ2n) is 4.24. The summed E-state index contributed by atoms with van der Waals surface area (Å²) in [4.78, 5) is 17.7. The molecule has 0 bridgehead atoms. The Labute approximate surface area is 106 Å². The first-order valence-corrected chi connectivity index (χ1v) is 5.98. The first kappa shape index (κ1) is 12.8. The number of nitrogens with two attached hydrogens (primary N) is 1. The summed E-state index contributed by atoms with van der Waals surface area (Å²) in [7, 11) is 1.89. The number of pyridine rings is 1. The molecule has 98 valence electrons. The Bertz CT molecular complexity index is 422. The lowest BCUT2D eigenvalue weighted by Crippen LogP contribution is -2.47. The molecule has 1 atom stereocenters. The van der Waals surface area contributed by atoms with Gasteiger partial charge in [0.15, 0.2) is 0 Å². The van der Waals surface area contributed by atoms with Crippen LogP contribution in [-0.4, -0.2) is 50.3 Å². The fraction of sp³-hybridized carbons (Fsp3) is 0.500. The van der Waals surface area contributed by atoms with Crippen LogP contribution in [0.15, 0.2) is 18.3 Å². The zero-order valence-corrected chi connectivity index (χ0v) is 10.4. The van der Waals surface area contributed by atoms with Crippen molar-refractivity contribution in [1.82, 2.24) is 10.3 Å². The Morgan fingerprint density at radius 2 is 2.56 bits per heavy atom. The van der Waals surface area contributed by atoms with Crippen LogP contribution >= 0.6 is 0 Å². The van der Waals surface area contributed by atoms with Gasteiger partial charge in [-0.2, -0.15) is 0 Å². The van der Waals surface area contributed by atoms with E-state index < -0.39 is 5.91 Å². The van der Waals surface area contributed by atoms with Gasteiger partial charge in [0.1, 0.15) is 5.82 Å². The predicted molar refractivity (Wildman–Crippen MR) is 68.6 cm³/mol. The molecule has 1 saturated heterocycles. The number of rotatable bonds is 4. The summed E-state index contributed by atoms with van der Waals surface area (Å²) in [5.74, 6) is 0.198. The number of nitrogens with one attached hydrogen (secondary N) is 1. The van der Waals surface area contributed by atoms with E-state index in [4.69, 9.17) is 10.5 Å². The van der Waals surface area contributed by atoms with E-state index in [0.717, 1.165) is 13.1 Å². The van der Waals surface area contributed by atoms with Crippen LogP contribution in [0, 0.1) is 0 Å². The molecule has 0 spiro atoms. The highest BCUT2D eigenvalue weighted by Crippen LogP contribution is 2.19. The van der Waals surface area contributed by atoms with Crippen LogP contribution in [0.2, 0.25) is 0 Å². The highest BCUT2D eigenvalue weighted by molar-refractivity contribution is 5.97. The number of anilines is 1. The van der Waals surface area contributed by atoms with Crippen molar-refractivity contribution >= 4 is 11.7 Å². The van der Waals surface area contributed by atoms with Crippen LogP contribution < -0.4 is 16.0 Å². The first-order chi connectivity index (χ1) is 8.72. The Balaban J connectivity index is 2.18. The van der Waals surface area contributed by atoms with Crippen molar-refractivity contribution < 1.29 is 9.53 Å². The fourth-order valence-corrected chi connectivity index (χ4v) is 2.10. The second-order valence-corrected chi connectivity index (χ2v) is 4.24. The van der Waals surface area contributed by atoms with Crippen LogP contribution in [0.3, 0.4) is 0 Å². The highest BCUT2D eigenvalue weighted by Gasteiger charge is 2.23. The van der Waals surface area contributed by atoms with Crippen molar-refractivity contribution in [2.45, 2.75) is 6.10 Å². The maximum Gasteiger partial charge on any atom is 0.252 e. The van der Waals surface area contributed by atoms with Gasteiger partial charge in [-0.1, -0.05) is 0 Å². The number of amides is 1. The summed E-state index contributed by atoms with van der Waals surface area (Å²) in [6.07, 6.45) is 1.77. The quantitative estimate of drug-likeness (QED) is 0.760. The zero-order valence-electron chi connectivity index (χ0n) is 10.4. The molecule has 1 aliphatic heterocycles. The molecular weight excluding hydrogens is 232 g/mol. The molecule has 0 aliphatic carbocycles. The molecule has 1 aromatic rings. The summed E-state index contributed by atoms with van der Waals surface area (Å²) in [5.41, 5.74) is 5.83. The SMILES string of the molecule is CNCC1CN(c2ncccc2C(N)=O)CCO1. The maximum atomic E-state index is 11.4. The predicted octanol–water partition coefficient (Wildman–Crippen LogP) is -0.395. The Kier molecular flexibility index (Phi) is 4.11. The molecule has 1 aliphatic rings. The summed E-state index contributed by atoms with van der Waals surface area (Å²) in [5, 5.41) is 3.08. The van der Waals surface area contributed by atoms with Crippen LogP contribution in [-0.2, 0) is 4.74 Å². The molecule has 18 heavy (non-hydrogen) atoms. The van der Waals surface area contributed by atoms with Gasteiger partial charge in [0.25, 0.3) is 5.91 Å². The molecular formula is C12H18N4O2. The van der Waals surface area contributed by atoms with Gasteiger partial charge in [-0.15, -0.1) is 0 Å². The highest BCUT2D eigenvalue weighted by atomic mass is 16.5. The molecule has 2 heterocycles. The van der Waals surface area contributed by atoms with Crippen molar-refractivity contribution in [3.05, 3.63) is 23.9 Å². The lowest BCUT2D eigenvalue weighted by atomic mass is 10.2. The summed E-state index contributed by atoms with van der Waals surface area (Å²) < 4.78 is 5.62. The third kappa shape index (κ3) is 2.77. The minimum Gasteiger partial charge on any atom is -0.373 e. The molecule has 0 radical (unpaired) electrons. The standard InChI is InChI=1S/C12H18N4O2/c1-14-7-9-8-16(5-6-18-9)12-10(11(13)17)3-2-4-15-12/h2-4,9,14H,5-8H2,1H3,(H2,13,17). The number of carbonyl (C=O) groups excluding carboxylic acids is 1. The molecule has 0 aromatic carbocycles. The van der Waals surface area contributed by atoms with E-state index >= 15 is 0 Å². The van der Waals surface area contributed by atoms with Crippen molar-refractivity contribution in [2.75, 3.05) is 38.2 Å². The zero-order chi connectivity index (χ0) is 13.0. The Morgan fingerprint density at radius 1 is 1.72 bits per heavy atom. The van der Waals surface area contributed by atoms with E-state index in [2.05, 4.69) is 10.3 Å². The van der Waals surface area contributed by atoms with E-state index in [1.54, 1.807) is 18.3 Å². The van der Waals surface area contributed by atoms with Crippen molar-refractivity contribution in [3.63, 3.8) is 0 Å². The fourth-order valence-electron chi connectivity index (χ4n) is 2.10. The second kappa shape index (κ2) is 5.79. The number of primary amides is 1. The third-order valence-electron chi connectivity index (χ3n) is 2.92. The lowest BCUT2D eigenvalue weighted by Gasteiger charge is -2.34. The van der Waals surface area contributed by atoms with Crippen molar-refractivity contribution in [1.29, 1.82) is 0 Å². The van der Waals surface area contributed by atoms with Crippen molar-refractivity contribution in [2.24, 2.45) is 5.73 Å². The molecule has 6 heteroatoms. The van der Waals surface area contributed by atoms with Gasteiger partial charge in [0.2, 0.25) is 0 Å². The first-order valence-electron chi connectivity index (χ1n) is 5.98. The summed E-state index contributed by atoms with van der Waals surface area (Å²) in [6.45, 7) is 2.83. The van der Waals surface area contributed by atoms with Gasteiger partial charge in [-0.05, 0) is 19.2 Å². The summed E-state index contributed by atoms with van der Waals surface area (Å²) >= 11 is 0. The number of likely N-dealkylation sites (N-methyl/N-ethyl adjacent to an activating group) is 1. The Morgan fingerprint density at radius 3 is 3.28 bits per heavy atom. The van der Waals surface area contributed by atoms with Crippen LogP contribution in [0.5, 0.6) is 0 Å². The molecule has 2 rings (SSSR count). The normalized spacial score (nSPS) is 19.8. The summed E-state index contributed by atoms with van der Waals surface area (Å²) in [6, 6.07) is 3.42. The molecule has 1 unspecified atom stereocenters. The monoisotopic (exact) mass is 250 g/mol. The number of nitrogens with zero attached hydrogens (tertiary/aromatic N) is 2. The van der Waals surface area contributed by atoms with E-state index in [0.29, 0.717) is 24.5 Å². The minimum absolute atomic E-state index is 0.103. The number of ether oxygens (including phenoxy) is 1. The molecule has 1 amide bonds. The number of carbonyl (C=O) groups is 1. The van der Waals surface area contributed by atoms with Crippen LogP contribution in [0.1, 0.15) is 10.4 Å². The van der Waals surface area contributed by atoms with Crippen LogP contribution in [0.25, 0.3) is 0 Å². The molecule has 6 nitrogen and oxygen atoms in total.